The monoisotopic (exact) mass is 233 g/mol. The van der Waals surface area contributed by atoms with Crippen LogP contribution in [0.3, 0.4) is 0 Å². The lowest BCUT2D eigenvalue weighted by atomic mass is 10.2. The summed E-state index contributed by atoms with van der Waals surface area (Å²) < 4.78 is 0. The van der Waals surface area contributed by atoms with E-state index in [1.165, 1.54) is 5.01 Å². The van der Waals surface area contributed by atoms with E-state index in [-0.39, 0.29) is 0 Å². The van der Waals surface area contributed by atoms with Crippen molar-refractivity contribution in [2.24, 2.45) is 0 Å². The van der Waals surface area contributed by atoms with Crippen molar-refractivity contribution in [3.8, 4) is 11.3 Å². The van der Waals surface area contributed by atoms with E-state index in [4.69, 9.17) is 0 Å². The van der Waals surface area contributed by atoms with Gasteiger partial charge in [-0.2, -0.15) is 0 Å². The summed E-state index contributed by atoms with van der Waals surface area (Å²) in [4.78, 5) is 8.66. The van der Waals surface area contributed by atoms with Crippen LogP contribution < -0.4 is 5.32 Å². The lowest BCUT2D eigenvalue weighted by Crippen LogP contribution is -2.14. The van der Waals surface area contributed by atoms with Crippen LogP contribution in [-0.2, 0) is 0 Å². The molecule has 1 atom stereocenters. The molecule has 0 bridgehead atoms. The molecule has 0 radical (unpaired) electrons. The second-order valence-electron chi connectivity index (χ2n) is 3.77. The zero-order chi connectivity index (χ0) is 11.4. The molecular weight excluding hydrogens is 218 g/mol. The number of likely N-dealkylation sites (N-methyl/N-ethyl adjacent to an activating group) is 1. The smallest absolute Gasteiger partial charge is 0.0973 e. The maximum absolute atomic E-state index is 4.65. The fourth-order valence-electron chi connectivity index (χ4n) is 1.56. The Hall–Kier alpha value is -1.26. The SMILES string of the molecule is CNCC(C)c1nc(-c2ccncc2)cs1. The van der Waals surface area contributed by atoms with Gasteiger partial charge in [-0.3, -0.25) is 4.98 Å². The molecule has 0 fully saturated rings. The predicted octanol–water partition coefficient (Wildman–Crippen LogP) is 2.53. The van der Waals surface area contributed by atoms with Crippen molar-refractivity contribution in [2.45, 2.75) is 12.8 Å². The molecule has 0 saturated heterocycles. The van der Waals surface area contributed by atoms with Crippen LogP contribution in [0.25, 0.3) is 11.3 Å². The number of hydrogen-bond donors (Lipinski definition) is 1. The summed E-state index contributed by atoms with van der Waals surface area (Å²) in [6.07, 6.45) is 3.59. The summed E-state index contributed by atoms with van der Waals surface area (Å²) in [5.41, 5.74) is 2.18. The molecule has 0 aliphatic rings. The highest BCUT2D eigenvalue weighted by atomic mass is 32.1. The highest BCUT2D eigenvalue weighted by Gasteiger charge is 2.10. The summed E-state index contributed by atoms with van der Waals surface area (Å²) in [5, 5.41) is 6.46. The number of nitrogens with zero attached hydrogens (tertiary/aromatic N) is 2. The third-order valence-corrected chi connectivity index (χ3v) is 3.51. The maximum atomic E-state index is 4.65. The van der Waals surface area contributed by atoms with Gasteiger partial charge in [-0.15, -0.1) is 11.3 Å². The van der Waals surface area contributed by atoms with Crippen molar-refractivity contribution in [3.63, 3.8) is 0 Å². The van der Waals surface area contributed by atoms with Crippen molar-refractivity contribution in [1.82, 2.24) is 15.3 Å². The third-order valence-electron chi connectivity index (χ3n) is 2.43. The minimum Gasteiger partial charge on any atom is -0.319 e. The summed E-state index contributed by atoms with van der Waals surface area (Å²) in [5.74, 6) is 0.464. The summed E-state index contributed by atoms with van der Waals surface area (Å²) in [6, 6.07) is 3.98. The first kappa shape index (κ1) is 11.2. The van der Waals surface area contributed by atoms with E-state index in [0.29, 0.717) is 5.92 Å². The van der Waals surface area contributed by atoms with Gasteiger partial charge < -0.3 is 5.32 Å². The van der Waals surface area contributed by atoms with E-state index in [2.05, 4.69) is 27.6 Å². The Bertz CT molecular complexity index is 439. The van der Waals surface area contributed by atoms with Crippen LogP contribution in [0.2, 0.25) is 0 Å². The molecule has 1 unspecified atom stereocenters. The molecule has 16 heavy (non-hydrogen) atoms. The lowest BCUT2D eigenvalue weighted by molar-refractivity contribution is 0.674. The van der Waals surface area contributed by atoms with E-state index < -0.39 is 0 Å². The van der Waals surface area contributed by atoms with E-state index in [0.717, 1.165) is 17.8 Å². The van der Waals surface area contributed by atoms with Gasteiger partial charge in [-0.25, -0.2) is 4.98 Å². The third kappa shape index (κ3) is 2.46. The van der Waals surface area contributed by atoms with Gasteiger partial charge in [0.15, 0.2) is 0 Å². The van der Waals surface area contributed by atoms with Crippen LogP contribution in [0, 0.1) is 0 Å². The van der Waals surface area contributed by atoms with Crippen LogP contribution in [0.4, 0.5) is 0 Å². The molecule has 1 N–H and O–H groups in total. The van der Waals surface area contributed by atoms with Gasteiger partial charge in [0, 0.05) is 35.8 Å². The molecule has 3 nitrogen and oxygen atoms in total. The molecule has 0 saturated carbocycles. The number of nitrogens with one attached hydrogen (secondary N) is 1. The van der Waals surface area contributed by atoms with E-state index in [1.807, 2.05) is 19.2 Å². The highest BCUT2D eigenvalue weighted by molar-refractivity contribution is 7.10. The molecule has 84 valence electrons. The Balaban J connectivity index is 2.20. The van der Waals surface area contributed by atoms with Crippen molar-refractivity contribution in [1.29, 1.82) is 0 Å². The Morgan fingerprint density at radius 1 is 1.38 bits per heavy atom. The topological polar surface area (TPSA) is 37.8 Å². The maximum Gasteiger partial charge on any atom is 0.0973 e. The quantitative estimate of drug-likeness (QED) is 0.881. The molecule has 2 rings (SSSR count). The second-order valence-corrected chi connectivity index (χ2v) is 4.66. The fraction of sp³-hybridized carbons (Fsp3) is 0.333. The van der Waals surface area contributed by atoms with Gasteiger partial charge in [0.1, 0.15) is 0 Å². The van der Waals surface area contributed by atoms with Crippen molar-refractivity contribution >= 4 is 11.3 Å². The Kier molecular flexibility index (Phi) is 3.64. The van der Waals surface area contributed by atoms with Crippen molar-refractivity contribution in [3.05, 3.63) is 34.9 Å². The summed E-state index contributed by atoms with van der Waals surface area (Å²) in [6.45, 7) is 3.15. The largest absolute Gasteiger partial charge is 0.319 e. The van der Waals surface area contributed by atoms with Gasteiger partial charge >= 0.3 is 0 Å². The lowest BCUT2D eigenvalue weighted by Gasteiger charge is -2.05. The summed E-state index contributed by atoms with van der Waals surface area (Å²) in [7, 11) is 1.97. The van der Waals surface area contributed by atoms with Crippen molar-refractivity contribution in [2.75, 3.05) is 13.6 Å². The van der Waals surface area contributed by atoms with E-state index in [1.54, 1.807) is 23.7 Å². The molecule has 0 aliphatic heterocycles. The van der Waals surface area contributed by atoms with E-state index in [9.17, 15) is 0 Å². The van der Waals surface area contributed by atoms with Crippen LogP contribution in [-0.4, -0.2) is 23.6 Å². The second kappa shape index (κ2) is 5.18. The van der Waals surface area contributed by atoms with Gasteiger partial charge in [-0.05, 0) is 19.2 Å². The Morgan fingerprint density at radius 2 is 2.12 bits per heavy atom. The first-order chi connectivity index (χ1) is 7.81. The van der Waals surface area contributed by atoms with Gasteiger partial charge in [0.2, 0.25) is 0 Å². The number of aromatic nitrogens is 2. The average Bonchev–Trinajstić information content (AvgIpc) is 2.80. The standard InChI is InChI=1S/C12H15N3S/c1-9(7-13-2)12-15-11(8-16-12)10-3-5-14-6-4-10/h3-6,8-9,13H,7H2,1-2H3. The van der Waals surface area contributed by atoms with Crippen LogP contribution in [0.5, 0.6) is 0 Å². The minimum atomic E-state index is 0.464. The zero-order valence-corrected chi connectivity index (χ0v) is 10.3. The first-order valence-electron chi connectivity index (χ1n) is 5.31. The van der Waals surface area contributed by atoms with Crippen LogP contribution in [0.1, 0.15) is 17.8 Å². The molecule has 0 amide bonds. The zero-order valence-electron chi connectivity index (χ0n) is 9.47. The molecular formula is C12H15N3S. The molecule has 2 heterocycles. The number of rotatable bonds is 4. The Morgan fingerprint density at radius 3 is 2.81 bits per heavy atom. The predicted molar refractivity (Wildman–Crippen MR) is 67.7 cm³/mol. The molecule has 2 aromatic heterocycles. The molecule has 0 spiro atoms. The van der Waals surface area contributed by atoms with Crippen molar-refractivity contribution < 1.29 is 0 Å². The highest BCUT2D eigenvalue weighted by Crippen LogP contribution is 2.25. The van der Waals surface area contributed by atoms with Gasteiger partial charge in [-0.1, -0.05) is 6.92 Å². The number of thiazole rings is 1. The minimum absolute atomic E-state index is 0.464. The molecule has 0 aromatic carbocycles. The van der Waals surface area contributed by atoms with E-state index >= 15 is 0 Å². The molecule has 4 heteroatoms. The average molecular weight is 233 g/mol. The normalized spacial score (nSPS) is 12.6. The van der Waals surface area contributed by atoms with Gasteiger partial charge in [0.25, 0.3) is 0 Å². The van der Waals surface area contributed by atoms with Crippen LogP contribution >= 0.6 is 11.3 Å². The summed E-state index contributed by atoms with van der Waals surface area (Å²) >= 11 is 1.72. The Labute approximate surface area is 99.6 Å². The molecule has 0 aliphatic carbocycles. The first-order valence-corrected chi connectivity index (χ1v) is 6.19. The number of hydrogen-bond acceptors (Lipinski definition) is 4. The van der Waals surface area contributed by atoms with Gasteiger partial charge in [0.05, 0.1) is 10.7 Å². The fourth-order valence-corrected chi connectivity index (χ4v) is 2.45. The molecule has 2 aromatic rings. The van der Waals surface area contributed by atoms with Crippen LogP contribution in [0.15, 0.2) is 29.9 Å². The number of pyridine rings is 1.